The lowest BCUT2D eigenvalue weighted by molar-refractivity contribution is 0.405. The minimum atomic E-state index is 0.405. The van der Waals surface area contributed by atoms with Gasteiger partial charge in [0.05, 0.1) is 18.4 Å². The zero-order chi connectivity index (χ0) is 14.8. The van der Waals surface area contributed by atoms with Gasteiger partial charge in [-0.15, -0.1) is 5.10 Å². The molecule has 21 heavy (non-hydrogen) atoms. The van der Waals surface area contributed by atoms with Crippen molar-refractivity contribution >= 4 is 0 Å². The molecule has 0 saturated carbocycles. The van der Waals surface area contributed by atoms with E-state index in [4.69, 9.17) is 9.26 Å². The van der Waals surface area contributed by atoms with E-state index in [2.05, 4.69) is 20.3 Å². The number of nitrogens with zero attached hydrogens (tertiary/aromatic N) is 4. The molecule has 0 radical (unpaired) electrons. The minimum Gasteiger partial charge on any atom is -0.496 e. The van der Waals surface area contributed by atoms with Gasteiger partial charge in [0.25, 0.3) is 5.89 Å². The fourth-order valence-corrected chi connectivity index (χ4v) is 2.03. The van der Waals surface area contributed by atoms with Crippen molar-refractivity contribution in [2.24, 2.45) is 0 Å². The molecule has 6 nitrogen and oxygen atoms in total. The van der Waals surface area contributed by atoms with Crippen LogP contribution in [0, 0.1) is 13.8 Å². The zero-order valence-corrected chi connectivity index (χ0v) is 12.0. The predicted molar refractivity (Wildman–Crippen MR) is 76.8 cm³/mol. The molecule has 0 amide bonds. The first-order valence-corrected chi connectivity index (χ1v) is 6.47. The average Bonchev–Trinajstić information content (AvgIpc) is 2.97. The molecule has 3 aromatic rings. The van der Waals surface area contributed by atoms with E-state index in [0.29, 0.717) is 23.2 Å². The summed E-state index contributed by atoms with van der Waals surface area (Å²) in [4.78, 5) is 4.39. The Morgan fingerprint density at radius 3 is 2.62 bits per heavy atom. The Labute approximate surface area is 121 Å². The van der Waals surface area contributed by atoms with Crippen LogP contribution >= 0.6 is 0 Å². The molecule has 1 aromatic carbocycles. The normalized spacial score (nSPS) is 10.6. The molecule has 0 saturated heterocycles. The highest BCUT2D eigenvalue weighted by atomic mass is 16.5. The van der Waals surface area contributed by atoms with Gasteiger partial charge in [0.2, 0.25) is 5.82 Å². The van der Waals surface area contributed by atoms with Crippen LogP contribution in [0.1, 0.15) is 11.3 Å². The lowest BCUT2D eigenvalue weighted by Crippen LogP contribution is -1.92. The number of ether oxygens (including phenoxy) is 1. The Morgan fingerprint density at radius 1 is 1.05 bits per heavy atom. The van der Waals surface area contributed by atoms with Crippen molar-refractivity contribution in [3.8, 4) is 28.7 Å². The molecule has 2 heterocycles. The van der Waals surface area contributed by atoms with E-state index in [0.717, 1.165) is 16.8 Å². The maximum absolute atomic E-state index is 5.36. The monoisotopic (exact) mass is 282 g/mol. The Kier molecular flexibility index (Phi) is 3.35. The van der Waals surface area contributed by atoms with E-state index in [1.807, 2.05) is 44.2 Å². The van der Waals surface area contributed by atoms with Crippen LogP contribution < -0.4 is 4.74 Å². The summed E-state index contributed by atoms with van der Waals surface area (Å²) in [6.07, 6.45) is 0. The van der Waals surface area contributed by atoms with Crippen LogP contribution in [-0.2, 0) is 0 Å². The summed E-state index contributed by atoms with van der Waals surface area (Å²) < 4.78 is 10.7. The second-order valence-corrected chi connectivity index (χ2v) is 4.64. The number of aryl methyl sites for hydroxylation is 2. The number of methoxy groups -OCH3 is 1. The average molecular weight is 282 g/mol. The van der Waals surface area contributed by atoms with Gasteiger partial charge in [-0.05, 0) is 37.6 Å². The van der Waals surface area contributed by atoms with Gasteiger partial charge in [-0.1, -0.05) is 17.3 Å². The van der Waals surface area contributed by atoms with E-state index in [-0.39, 0.29) is 0 Å². The predicted octanol–water partition coefficient (Wildman–Crippen LogP) is 2.82. The standard InChI is InChI=1S/C15H14N4O2/c1-9-5-4-6-12(20-3)13(9)15-16-14(19-21-15)11-8-7-10(2)17-18-11/h4-8H,1-3H3. The Hall–Kier alpha value is -2.76. The minimum absolute atomic E-state index is 0.405. The van der Waals surface area contributed by atoms with Crippen molar-refractivity contribution in [3.05, 3.63) is 41.6 Å². The first-order valence-electron chi connectivity index (χ1n) is 6.47. The molecule has 106 valence electrons. The van der Waals surface area contributed by atoms with Crippen molar-refractivity contribution in [1.29, 1.82) is 0 Å². The van der Waals surface area contributed by atoms with Crippen molar-refractivity contribution in [2.75, 3.05) is 7.11 Å². The fraction of sp³-hybridized carbons (Fsp3) is 0.200. The van der Waals surface area contributed by atoms with E-state index in [1.165, 1.54) is 0 Å². The quantitative estimate of drug-likeness (QED) is 0.735. The van der Waals surface area contributed by atoms with Crippen LogP contribution in [-0.4, -0.2) is 27.4 Å². The summed E-state index contributed by atoms with van der Waals surface area (Å²) in [6.45, 7) is 3.84. The summed E-state index contributed by atoms with van der Waals surface area (Å²) in [5.41, 5.74) is 3.20. The highest BCUT2D eigenvalue weighted by molar-refractivity contribution is 5.68. The molecule has 0 atom stereocenters. The number of aromatic nitrogens is 4. The van der Waals surface area contributed by atoms with Crippen molar-refractivity contribution in [2.45, 2.75) is 13.8 Å². The first-order chi connectivity index (χ1) is 10.2. The molecular formula is C15H14N4O2. The second kappa shape index (κ2) is 5.32. The summed E-state index contributed by atoms with van der Waals surface area (Å²) in [5, 5.41) is 12.0. The van der Waals surface area contributed by atoms with Gasteiger partial charge in [0.15, 0.2) is 0 Å². The molecule has 0 aliphatic carbocycles. The van der Waals surface area contributed by atoms with Crippen molar-refractivity contribution in [3.63, 3.8) is 0 Å². The molecule has 0 aliphatic heterocycles. The molecule has 0 N–H and O–H groups in total. The fourth-order valence-electron chi connectivity index (χ4n) is 2.03. The smallest absolute Gasteiger partial charge is 0.262 e. The Morgan fingerprint density at radius 2 is 1.90 bits per heavy atom. The number of hydrogen-bond acceptors (Lipinski definition) is 6. The van der Waals surface area contributed by atoms with Crippen LogP contribution in [0.5, 0.6) is 5.75 Å². The third-order valence-electron chi connectivity index (χ3n) is 3.12. The maximum atomic E-state index is 5.36. The van der Waals surface area contributed by atoms with Gasteiger partial charge in [-0.2, -0.15) is 10.1 Å². The van der Waals surface area contributed by atoms with E-state index < -0.39 is 0 Å². The van der Waals surface area contributed by atoms with Crippen molar-refractivity contribution in [1.82, 2.24) is 20.3 Å². The summed E-state index contributed by atoms with van der Waals surface area (Å²) in [6, 6.07) is 9.41. The molecule has 0 unspecified atom stereocenters. The molecule has 0 bridgehead atoms. The third kappa shape index (κ3) is 2.47. The van der Waals surface area contributed by atoms with Crippen molar-refractivity contribution < 1.29 is 9.26 Å². The molecule has 0 spiro atoms. The van der Waals surface area contributed by atoms with Crippen LogP contribution in [0.3, 0.4) is 0 Å². The Balaban J connectivity index is 2.05. The van der Waals surface area contributed by atoms with E-state index in [1.54, 1.807) is 7.11 Å². The largest absolute Gasteiger partial charge is 0.496 e. The van der Waals surface area contributed by atoms with Gasteiger partial charge in [-0.25, -0.2) is 0 Å². The second-order valence-electron chi connectivity index (χ2n) is 4.64. The molecule has 0 fully saturated rings. The molecule has 6 heteroatoms. The number of benzene rings is 1. The van der Waals surface area contributed by atoms with E-state index >= 15 is 0 Å². The highest BCUT2D eigenvalue weighted by Gasteiger charge is 2.17. The van der Waals surface area contributed by atoms with Crippen LogP contribution in [0.25, 0.3) is 23.0 Å². The Bertz CT molecular complexity index is 766. The number of rotatable bonds is 3. The van der Waals surface area contributed by atoms with Crippen LogP contribution in [0.15, 0.2) is 34.9 Å². The SMILES string of the molecule is COc1cccc(C)c1-c1nc(-c2ccc(C)nn2)no1. The summed E-state index contributed by atoms with van der Waals surface area (Å²) in [7, 11) is 1.61. The van der Waals surface area contributed by atoms with Gasteiger partial charge in [-0.3, -0.25) is 0 Å². The van der Waals surface area contributed by atoms with Crippen LogP contribution in [0.4, 0.5) is 0 Å². The zero-order valence-electron chi connectivity index (χ0n) is 12.0. The van der Waals surface area contributed by atoms with Gasteiger partial charge in [0, 0.05) is 0 Å². The highest BCUT2D eigenvalue weighted by Crippen LogP contribution is 2.32. The number of hydrogen-bond donors (Lipinski definition) is 0. The molecular weight excluding hydrogens is 268 g/mol. The molecule has 3 rings (SSSR count). The summed E-state index contributed by atoms with van der Waals surface area (Å²) >= 11 is 0. The van der Waals surface area contributed by atoms with Gasteiger partial charge < -0.3 is 9.26 Å². The van der Waals surface area contributed by atoms with Gasteiger partial charge >= 0.3 is 0 Å². The first kappa shape index (κ1) is 13.2. The third-order valence-corrected chi connectivity index (χ3v) is 3.12. The maximum Gasteiger partial charge on any atom is 0.262 e. The van der Waals surface area contributed by atoms with Crippen LogP contribution in [0.2, 0.25) is 0 Å². The molecule has 2 aromatic heterocycles. The lowest BCUT2D eigenvalue weighted by atomic mass is 10.1. The lowest BCUT2D eigenvalue weighted by Gasteiger charge is -2.06. The van der Waals surface area contributed by atoms with Gasteiger partial charge in [0.1, 0.15) is 11.4 Å². The topological polar surface area (TPSA) is 73.9 Å². The molecule has 0 aliphatic rings. The summed E-state index contributed by atoms with van der Waals surface area (Å²) in [5.74, 6) is 1.50. The van der Waals surface area contributed by atoms with E-state index in [9.17, 15) is 0 Å².